The molecule has 19 heavy (non-hydrogen) atoms. The Hall–Kier alpha value is -0.820. The minimum atomic E-state index is 0.428. The number of nitrogens with one attached hydrogen (secondary N) is 1. The molecule has 0 amide bonds. The van der Waals surface area contributed by atoms with Crippen molar-refractivity contribution < 1.29 is 0 Å². The smallest absolute Gasteiger partial charge is 0.0108 e. The van der Waals surface area contributed by atoms with Crippen molar-refractivity contribution in [3.63, 3.8) is 0 Å². The van der Waals surface area contributed by atoms with Crippen LogP contribution in [-0.4, -0.2) is 12.6 Å². The van der Waals surface area contributed by atoms with Gasteiger partial charge in [-0.25, -0.2) is 0 Å². The first kappa shape index (κ1) is 16.2. The average molecular weight is 261 g/mol. The SMILES string of the molecule is CCCNC(CCC(C)(C)C)Cc1ccccc1C. The van der Waals surface area contributed by atoms with Gasteiger partial charge in [-0.3, -0.25) is 0 Å². The van der Waals surface area contributed by atoms with E-state index >= 15 is 0 Å². The van der Waals surface area contributed by atoms with Crippen molar-refractivity contribution in [3.05, 3.63) is 35.4 Å². The van der Waals surface area contributed by atoms with Gasteiger partial charge in [-0.1, -0.05) is 52.0 Å². The maximum Gasteiger partial charge on any atom is 0.0108 e. The molecule has 1 atom stereocenters. The van der Waals surface area contributed by atoms with Gasteiger partial charge in [-0.15, -0.1) is 0 Å². The Kier molecular flexibility index (Phi) is 6.57. The number of hydrogen-bond acceptors (Lipinski definition) is 1. The molecule has 1 aromatic rings. The molecular weight excluding hydrogens is 230 g/mol. The van der Waals surface area contributed by atoms with Gasteiger partial charge in [0.15, 0.2) is 0 Å². The van der Waals surface area contributed by atoms with Crippen molar-refractivity contribution in [3.8, 4) is 0 Å². The maximum absolute atomic E-state index is 3.72. The van der Waals surface area contributed by atoms with E-state index in [2.05, 4.69) is 64.2 Å². The van der Waals surface area contributed by atoms with Crippen LogP contribution in [0.2, 0.25) is 0 Å². The number of benzene rings is 1. The fourth-order valence-electron chi connectivity index (χ4n) is 2.34. The van der Waals surface area contributed by atoms with E-state index in [4.69, 9.17) is 0 Å². The van der Waals surface area contributed by atoms with E-state index in [1.807, 2.05) is 0 Å². The molecule has 0 aliphatic carbocycles. The summed E-state index contributed by atoms with van der Waals surface area (Å²) in [5, 5.41) is 3.72. The van der Waals surface area contributed by atoms with Gasteiger partial charge in [0.2, 0.25) is 0 Å². The van der Waals surface area contributed by atoms with E-state index in [1.165, 1.54) is 30.4 Å². The van der Waals surface area contributed by atoms with Crippen LogP contribution < -0.4 is 5.32 Å². The van der Waals surface area contributed by atoms with Crippen LogP contribution in [0.3, 0.4) is 0 Å². The van der Waals surface area contributed by atoms with E-state index in [1.54, 1.807) is 0 Å². The van der Waals surface area contributed by atoms with Crippen LogP contribution in [0.1, 0.15) is 58.1 Å². The van der Waals surface area contributed by atoms with Gasteiger partial charge >= 0.3 is 0 Å². The Bertz CT molecular complexity index is 362. The Morgan fingerprint density at radius 2 is 1.84 bits per heavy atom. The summed E-state index contributed by atoms with van der Waals surface area (Å²) in [6.07, 6.45) is 4.90. The second-order valence-electron chi connectivity index (χ2n) is 6.88. The monoisotopic (exact) mass is 261 g/mol. The highest BCUT2D eigenvalue weighted by Crippen LogP contribution is 2.23. The summed E-state index contributed by atoms with van der Waals surface area (Å²) >= 11 is 0. The first-order chi connectivity index (χ1) is 8.92. The van der Waals surface area contributed by atoms with Crippen molar-refractivity contribution >= 4 is 0 Å². The van der Waals surface area contributed by atoms with Crippen LogP contribution in [0.15, 0.2) is 24.3 Å². The first-order valence-corrected chi connectivity index (χ1v) is 7.70. The van der Waals surface area contributed by atoms with Gasteiger partial charge in [0.05, 0.1) is 0 Å². The van der Waals surface area contributed by atoms with E-state index < -0.39 is 0 Å². The first-order valence-electron chi connectivity index (χ1n) is 7.70. The predicted molar refractivity (Wildman–Crippen MR) is 85.7 cm³/mol. The lowest BCUT2D eigenvalue weighted by molar-refractivity contribution is 0.328. The molecule has 0 bridgehead atoms. The quantitative estimate of drug-likeness (QED) is 0.748. The van der Waals surface area contributed by atoms with Crippen LogP contribution in [0.5, 0.6) is 0 Å². The molecule has 0 aliphatic rings. The zero-order valence-corrected chi connectivity index (χ0v) is 13.4. The summed E-state index contributed by atoms with van der Waals surface area (Å²) in [6, 6.07) is 9.38. The Morgan fingerprint density at radius 1 is 1.16 bits per heavy atom. The molecule has 1 N–H and O–H groups in total. The number of aryl methyl sites for hydroxylation is 1. The van der Waals surface area contributed by atoms with Gasteiger partial charge in [-0.2, -0.15) is 0 Å². The summed E-state index contributed by atoms with van der Waals surface area (Å²) in [6.45, 7) is 12.6. The van der Waals surface area contributed by atoms with Gasteiger partial charge in [0.25, 0.3) is 0 Å². The number of rotatable bonds is 7. The molecule has 0 aliphatic heterocycles. The summed E-state index contributed by atoms with van der Waals surface area (Å²) in [5.74, 6) is 0. The van der Waals surface area contributed by atoms with E-state index in [-0.39, 0.29) is 0 Å². The fourth-order valence-corrected chi connectivity index (χ4v) is 2.34. The Labute approximate surface area is 119 Å². The maximum atomic E-state index is 3.72. The molecule has 1 aromatic carbocycles. The highest BCUT2D eigenvalue weighted by atomic mass is 14.9. The molecule has 1 heteroatoms. The van der Waals surface area contributed by atoms with Crippen molar-refractivity contribution in [2.75, 3.05) is 6.54 Å². The Morgan fingerprint density at radius 3 is 2.42 bits per heavy atom. The molecule has 0 aromatic heterocycles. The topological polar surface area (TPSA) is 12.0 Å². The van der Waals surface area contributed by atoms with Crippen molar-refractivity contribution in [1.29, 1.82) is 0 Å². The third-order valence-electron chi connectivity index (χ3n) is 3.65. The molecule has 0 saturated heterocycles. The lowest BCUT2D eigenvalue weighted by atomic mass is 9.87. The zero-order chi connectivity index (χ0) is 14.3. The lowest BCUT2D eigenvalue weighted by Crippen LogP contribution is -2.33. The minimum absolute atomic E-state index is 0.428. The second-order valence-corrected chi connectivity index (χ2v) is 6.88. The molecule has 1 unspecified atom stereocenters. The molecule has 1 nitrogen and oxygen atoms in total. The van der Waals surface area contributed by atoms with Gasteiger partial charge in [-0.05, 0) is 55.7 Å². The third kappa shape index (κ3) is 6.77. The molecule has 0 spiro atoms. The van der Waals surface area contributed by atoms with Gasteiger partial charge in [0, 0.05) is 6.04 Å². The van der Waals surface area contributed by atoms with Crippen LogP contribution in [-0.2, 0) is 6.42 Å². The van der Waals surface area contributed by atoms with Crippen LogP contribution in [0, 0.1) is 12.3 Å². The third-order valence-corrected chi connectivity index (χ3v) is 3.65. The molecule has 0 fully saturated rings. The highest BCUT2D eigenvalue weighted by molar-refractivity contribution is 5.26. The molecule has 1 rings (SSSR count). The second kappa shape index (κ2) is 7.69. The summed E-state index contributed by atoms with van der Waals surface area (Å²) in [7, 11) is 0. The highest BCUT2D eigenvalue weighted by Gasteiger charge is 2.15. The standard InChI is InChI=1S/C18H31N/c1-6-13-19-17(11-12-18(3,4)5)14-16-10-8-7-9-15(16)2/h7-10,17,19H,6,11-14H2,1-5H3. The lowest BCUT2D eigenvalue weighted by Gasteiger charge is -2.24. The van der Waals surface area contributed by atoms with Gasteiger partial charge < -0.3 is 5.32 Å². The number of hydrogen-bond donors (Lipinski definition) is 1. The minimum Gasteiger partial charge on any atom is -0.314 e. The normalized spacial score (nSPS) is 13.5. The van der Waals surface area contributed by atoms with Crippen molar-refractivity contribution in [1.82, 2.24) is 5.32 Å². The summed E-state index contributed by atoms with van der Waals surface area (Å²) < 4.78 is 0. The molecule has 0 radical (unpaired) electrons. The summed E-state index contributed by atoms with van der Waals surface area (Å²) in [5.41, 5.74) is 3.34. The zero-order valence-electron chi connectivity index (χ0n) is 13.4. The molecular formula is C18H31N. The van der Waals surface area contributed by atoms with E-state index in [0.717, 1.165) is 13.0 Å². The van der Waals surface area contributed by atoms with Crippen molar-refractivity contribution in [2.45, 2.75) is 66.3 Å². The Balaban J connectivity index is 2.61. The molecule has 0 heterocycles. The molecule has 0 saturated carbocycles. The largest absolute Gasteiger partial charge is 0.314 e. The van der Waals surface area contributed by atoms with E-state index in [9.17, 15) is 0 Å². The average Bonchev–Trinajstić information content (AvgIpc) is 2.34. The fraction of sp³-hybridized carbons (Fsp3) is 0.667. The van der Waals surface area contributed by atoms with E-state index in [0.29, 0.717) is 11.5 Å². The van der Waals surface area contributed by atoms with Crippen molar-refractivity contribution in [2.24, 2.45) is 5.41 Å². The van der Waals surface area contributed by atoms with Crippen LogP contribution in [0.25, 0.3) is 0 Å². The van der Waals surface area contributed by atoms with Crippen LogP contribution in [0.4, 0.5) is 0 Å². The summed E-state index contributed by atoms with van der Waals surface area (Å²) in [4.78, 5) is 0. The molecule has 108 valence electrons. The predicted octanol–water partition coefficient (Wildman–Crippen LogP) is 4.73. The van der Waals surface area contributed by atoms with Crippen LogP contribution >= 0.6 is 0 Å². The van der Waals surface area contributed by atoms with Gasteiger partial charge in [0.1, 0.15) is 0 Å².